The van der Waals surface area contributed by atoms with Crippen molar-refractivity contribution in [3.05, 3.63) is 50.1 Å². The molecule has 1 aromatic heterocycles. The molecule has 0 radical (unpaired) electrons. The monoisotopic (exact) mass is 408 g/mol. The average molecular weight is 409 g/mol. The van der Waals surface area contributed by atoms with Gasteiger partial charge in [0.25, 0.3) is 5.91 Å². The highest BCUT2D eigenvalue weighted by Gasteiger charge is 2.23. The van der Waals surface area contributed by atoms with Gasteiger partial charge in [0, 0.05) is 43.2 Å². The van der Waals surface area contributed by atoms with Crippen LogP contribution in [0, 0.1) is 6.92 Å². The van der Waals surface area contributed by atoms with E-state index in [9.17, 15) is 4.79 Å². The van der Waals surface area contributed by atoms with Gasteiger partial charge in [-0.15, -0.1) is 11.3 Å². The van der Waals surface area contributed by atoms with Gasteiger partial charge in [-0.3, -0.25) is 9.69 Å². The van der Waals surface area contributed by atoms with Crippen LogP contribution in [0.5, 0.6) is 5.75 Å². The Morgan fingerprint density at radius 2 is 1.96 bits per heavy atom. The maximum absolute atomic E-state index is 12.7. The maximum atomic E-state index is 12.7. The van der Waals surface area contributed by atoms with Crippen molar-refractivity contribution < 1.29 is 9.53 Å². The van der Waals surface area contributed by atoms with E-state index in [1.54, 1.807) is 18.4 Å². The fraction of sp³-hybridized carbons (Fsp3) is 0.389. The molecular weight excluding hydrogens is 388 g/mol. The zero-order valence-corrected chi connectivity index (χ0v) is 16.3. The zero-order chi connectivity index (χ0) is 17.1. The van der Waals surface area contributed by atoms with Crippen molar-refractivity contribution in [2.45, 2.75) is 13.5 Å². The number of thiophene rings is 1. The van der Waals surface area contributed by atoms with Crippen LogP contribution in [0.2, 0.25) is 0 Å². The second kappa shape index (κ2) is 7.68. The minimum absolute atomic E-state index is 0.0896. The van der Waals surface area contributed by atoms with Crippen LogP contribution in [0.25, 0.3) is 0 Å². The molecule has 24 heavy (non-hydrogen) atoms. The molecule has 128 valence electrons. The second-order valence-corrected chi connectivity index (χ2v) is 8.51. The van der Waals surface area contributed by atoms with E-state index in [4.69, 9.17) is 4.74 Å². The molecule has 6 heteroatoms. The van der Waals surface area contributed by atoms with Gasteiger partial charge in [0.05, 0.1) is 10.9 Å². The number of amides is 1. The summed E-state index contributed by atoms with van der Waals surface area (Å²) in [5.41, 5.74) is 1.74. The van der Waals surface area contributed by atoms with Gasteiger partial charge in [0.2, 0.25) is 0 Å². The third-order valence-electron chi connectivity index (χ3n) is 4.32. The van der Waals surface area contributed by atoms with Crippen LogP contribution < -0.4 is 4.74 Å². The first kappa shape index (κ1) is 17.5. The Bertz CT molecular complexity index is 724. The Hall–Kier alpha value is -1.37. The average Bonchev–Trinajstić information content (AvgIpc) is 3.00. The van der Waals surface area contributed by atoms with E-state index in [1.807, 2.05) is 30.0 Å². The summed E-state index contributed by atoms with van der Waals surface area (Å²) in [5, 5.41) is 0. The van der Waals surface area contributed by atoms with Crippen molar-refractivity contribution in [2.24, 2.45) is 0 Å². The van der Waals surface area contributed by atoms with E-state index in [1.165, 1.54) is 8.66 Å². The summed E-state index contributed by atoms with van der Waals surface area (Å²) in [4.78, 5) is 18.4. The van der Waals surface area contributed by atoms with Crippen molar-refractivity contribution >= 4 is 33.2 Å². The number of halogens is 1. The Labute approximate surface area is 155 Å². The van der Waals surface area contributed by atoms with Gasteiger partial charge >= 0.3 is 0 Å². The highest BCUT2D eigenvalue weighted by molar-refractivity contribution is 9.11. The highest BCUT2D eigenvalue weighted by atomic mass is 79.9. The lowest BCUT2D eigenvalue weighted by atomic mass is 10.1. The predicted molar refractivity (Wildman–Crippen MR) is 101 cm³/mol. The van der Waals surface area contributed by atoms with E-state index in [0.717, 1.165) is 44.0 Å². The molecule has 0 bridgehead atoms. The molecule has 1 fully saturated rings. The number of hydrogen-bond acceptors (Lipinski definition) is 4. The number of hydrogen-bond donors (Lipinski definition) is 0. The number of ether oxygens (including phenoxy) is 1. The molecule has 4 nitrogen and oxygen atoms in total. The van der Waals surface area contributed by atoms with Crippen molar-refractivity contribution in [1.82, 2.24) is 9.80 Å². The van der Waals surface area contributed by atoms with Crippen molar-refractivity contribution in [3.63, 3.8) is 0 Å². The van der Waals surface area contributed by atoms with Crippen molar-refractivity contribution in [1.29, 1.82) is 0 Å². The second-order valence-electron chi connectivity index (χ2n) is 5.96. The summed E-state index contributed by atoms with van der Waals surface area (Å²) in [6.07, 6.45) is 0. The normalized spacial score (nSPS) is 15.5. The molecule has 0 spiro atoms. The molecule has 2 heterocycles. The molecule has 1 saturated heterocycles. The number of piperazine rings is 1. The predicted octanol–water partition coefficient (Wildman–Crippen LogP) is 3.79. The molecule has 0 unspecified atom stereocenters. The van der Waals surface area contributed by atoms with E-state index >= 15 is 0 Å². The number of rotatable bonds is 4. The van der Waals surface area contributed by atoms with Gasteiger partial charge in [-0.05, 0) is 52.7 Å². The topological polar surface area (TPSA) is 32.8 Å². The van der Waals surface area contributed by atoms with Gasteiger partial charge in [-0.1, -0.05) is 6.07 Å². The molecule has 1 aromatic carbocycles. The smallest absolute Gasteiger partial charge is 0.254 e. The standard InChI is InChI=1S/C18H21BrN2O2S/c1-13-3-4-14(11-16(13)23-2)18(22)21-9-7-20(8-10-21)12-15-5-6-17(19)24-15/h3-6,11H,7-10,12H2,1-2H3. The molecule has 1 aliphatic rings. The summed E-state index contributed by atoms with van der Waals surface area (Å²) >= 11 is 5.28. The maximum Gasteiger partial charge on any atom is 0.254 e. The first-order valence-electron chi connectivity index (χ1n) is 7.97. The number of methoxy groups -OCH3 is 1. The fourth-order valence-electron chi connectivity index (χ4n) is 2.90. The largest absolute Gasteiger partial charge is 0.496 e. The molecule has 1 amide bonds. The molecule has 1 aliphatic heterocycles. The Morgan fingerprint density at radius 3 is 2.58 bits per heavy atom. The van der Waals surface area contributed by atoms with Crippen LogP contribution >= 0.6 is 27.3 Å². The quantitative estimate of drug-likeness (QED) is 0.771. The van der Waals surface area contributed by atoms with Crippen molar-refractivity contribution in [2.75, 3.05) is 33.3 Å². The lowest BCUT2D eigenvalue weighted by Gasteiger charge is -2.34. The van der Waals surface area contributed by atoms with Gasteiger partial charge in [-0.25, -0.2) is 0 Å². The van der Waals surface area contributed by atoms with Gasteiger partial charge in [0.15, 0.2) is 0 Å². The Balaban J connectivity index is 1.58. The summed E-state index contributed by atoms with van der Waals surface area (Å²) in [5.74, 6) is 0.856. The summed E-state index contributed by atoms with van der Waals surface area (Å²) < 4.78 is 6.49. The third kappa shape index (κ3) is 3.99. The molecule has 0 saturated carbocycles. The van der Waals surface area contributed by atoms with Gasteiger partial charge in [0.1, 0.15) is 5.75 Å². The van der Waals surface area contributed by atoms with E-state index in [2.05, 4.69) is 33.0 Å². The molecule has 2 aromatic rings. The van der Waals surface area contributed by atoms with Crippen LogP contribution in [0.4, 0.5) is 0 Å². The SMILES string of the molecule is COc1cc(C(=O)N2CCN(Cc3ccc(Br)s3)CC2)ccc1C. The van der Waals surface area contributed by atoms with Crippen LogP contribution in [0.15, 0.2) is 34.1 Å². The summed E-state index contributed by atoms with van der Waals surface area (Å²) in [6.45, 7) is 6.28. The van der Waals surface area contributed by atoms with Crippen LogP contribution in [0.1, 0.15) is 20.8 Å². The van der Waals surface area contributed by atoms with Gasteiger partial charge < -0.3 is 9.64 Å². The lowest BCUT2D eigenvalue weighted by molar-refractivity contribution is 0.0629. The molecular formula is C18H21BrN2O2S. The van der Waals surface area contributed by atoms with Crippen LogP contribution in [-0.2, 0) is 6.54 Å². The Kier molecular flexibility index (Phi) is 5.58. The number of benzene rings is 1. The minimum Gasteiger partial charge on any atom is -0.496 e. The minimum atomic E-state index is 0.0896. The van der Waals surface area contributed by atoms with Crippen LogP contribution in [0.3, 0.4) is 0 Å². The summed E-state index contributed by atoms with van der Waals surface area (Å²) in [7, 11) is 1.64. The highest BCUT2D eigenvalue weighted by Crippen LogP contribution is 2.24. The lowest BCUT2D eigenvalue weighted by Crippen LogP contribution is -2.48. The number of carbonyl (C=O) groups excluding carboxylic acids is 1. The number of nitrogens with zero attached hydrogens (tertiary/aromatic N) is 2. The number of aryl methyl sites for hydroxylation is 1. The molecule has 0 atom stereocenters. The van der Waals surface area contributed by atoms with E-state index in [0.29, 0.717) is 5.56 Å². The third-order valence-corrected chi connectivity index (χ3v) is 5.93. The van der Waals surface area contributed by atoms with Crippen LogP contribution in [-0.4, -0.2) is 49.0 Å². The fourth-order valence-corrected chi connectivity index (χ4v) is 4.43. The van der Waals surface area contributed by atoms with Crippen molar-refractivity contribution in [3.8, 4) is 5.75 Å². The summed E-state index contributed by atoms with van der Waals surface area (Å²) in [6, 6.07) is 9.91. The van der Waals surface area contributed by atoms with Gasteiger partial charge in [-0.2, -0.15) is 0 Å². The van der Waals surface area contributed by atoms with E-state index < -0.39 is 0 Å². The zero-order valence-electron chi connectivity index (χ0n) is 13.9. The first-order valence-corrected chi connectivity index (χ1v) is 9.58. The number of carbonyl (C=O) groups is 1. The first-order chi connectivity index (χ1) is 11.6. The molecule has 0 aliphatic carbocycles. The van der Waals surface area contributed by atoms with E-state index in [-0.39, 0.29) is 5.91 Å². The molecule has 0 N–H and O–H groups in total. The molecule has 3 rings (SSSR count). The Morgan fingerprint density at radius 1 is 1.21 bits per heavy atom.